The van der Waals surface area contributed by atoms with Crippen LogP contribution in [0.3, 0.4) is 0 Å². The molecule has 0 rings (SSSR count). The van der Waals surface area contributed by atoms with Gasteiger partial charge in [0.25, 0.3) is 0 Å². The first kappa shape index (κ1) is 22.4. The zero-order chi connectivity index (χ0) is 17.2. The van der Waals surface area contributed by atoms with Crippen molar-refractivity contribution < 1.29 is 9.53 Å². The molecule has 0 radical (unpaired) electrons. The third kappa shape index (κ3) is 19.4. The third-order valence-electron chi connectivity index (χ3n) is 4.22. The minimum atomic E-state index is -0.0577. The van der Waals surface area contributed by atoms with Gasteiger partial charge in [-0.25, -0.2) is 0 Å². The molecule has 138 valence electrons. The summed E-state index contributed by atoms with van der Waals surface area (Å²) in [6, 6.07) is 0. The van der Waals surface area contributed by atoms with Crippen molar-refractivity contribution in [3.63, 3.8) is 0 Å². The van der Waals surface area contributed by atoms with Crippen molar-refractivity contribution in [1.29, 1.82) is 0 Å². The van der Waals surface area contributed by atoms with Crippen LogP contribution in [0.15, 0.2) is 0 Å². The Labute approximate surface area is 145 Å². The second kappa shape index (κ2) is 17.8. The number of carbonyl (C=O) groups excluding carboxylic acids is 1. The zero-order valence-corrected chi connectivity index (χ0v) is 16.1. The van der Waals surface area contributed by atoms with Gasteiger partial charge < -0.3 is 4.74 Å². The fourth-order valence-electron chi connectivity index (χ4n) is 2.74. The lowest BCUT2D eigenvalue weighted by molar-refractivity contribution is -0.147. The van der Waals surface area contributed by atoms with E-state index >= 15 is 0 Å². The smallest absolute Gasteiger partial charge is 0.307 e. The number of carbonyl (C=O) groups is 1. The van der Waals surface area contributed by atoms with E-state index in [-0.39, 0.29) is 5.97 Å². The fraction of sp³-hybridized carbons (Fsp3) is 0.950. The molecule has 0 aliphatic heterocycles. The molecule has 3 heteroatoms. The van der Waals surface area contributed by atoms with Gasteiger partial charge in [0.15, 0.2) is 0 Å². The highest BCUT2D eigenvalue weighted by atomic mass is 16.5. The van der Waals surface area contributed by atoms with Crippen molar-refractivity contribution in [2.75, 3.05) is 20.8 Å². The van der Waals surface area contributed by atoms with E-state index in [1.165, 1.54) is 77.0 Å². The Hall–Kier alpha value is -0.570. The van der Waals surface area contributed by atoms with Gasteiger partial charge in [-0.1, -0.05) is 90.4 Å². The molecule has 0 saturated carbocycles. The summed E-state index contributed by atoms with van der Waals surface area (Å²) >= 11 is 0. The van der Waals surface area contributed by atoms with Gasteiger partial charge in [-0.15, -0.1) is 0 Å². The van der Waals surface area contributed by atoms with Crippen molar-refractivity contribution >= 4 is 5.97 Å². The molecule has 0 amide bonds. The maximum Gasteiger partial charge on any atom is 0.307 e. The van der Waals surface area contributed by atoms with E-state index in [1.807, 2.05) is 19.0 Å². The van der Waals surface area contributed by atoms with Crippen LogP contribution in [-0.2, 0) is 9.53 Å². The van der Waals surface area contributed by atoms with E-state index in [9.17, 15) is 4.79 Å². The molecule has 0 aliphatic carbocycles. The second-order valence-corrected chi connectivity index (χ2v) is 7.07. The van der Waals surface area contributed by atoms with Gasteiger partial charge in [0, 0.05) is 6.42 Å². The van der Waals surface area contributed by atoms with Gasteiger partial charge in [0.2, 0.25) is 0 Å². The molecular weight excluding hydrogens is 286 g/mol. The molecule has 0 atom stereocenters. The van der Waals surface area contributed by atoms with Crippen LogP contribution in [0.2, 0.25) is 0 Å². The summed E-state index contributed by atoms with van der Waals surface area (Å²) < 4.78 is 5.10. The van der Waals surface area contributed by atoms with Crippen molar-refractivity contribution in [1.82, 2.24) is 4.90 Å². The SMILES string of the molecule is CCCCCCCCCCCCCCCCC(=O)OCN(C)C. The van der Waals surface area contributed by atoms with Gasteiger partial charge >= 0.3 is 5.97 Å². The molecule has 0 N–H and O–H groups in total. The lowest BCUT2D eigenvalue weighted by Crippen LogP contribution is -2.19. The van der Waals surface area contributed by atoms with Crippen molar-refractivity contribution in [2.24, 2.45) is 0 Å². The summed E-state index contributed by atoms with van der Waals surface area (Å²) in [5.74, 6) is -0.0577. The van der Waals surface area contributed by atoms with Crippen LogP contribution >= 0.6 is 0 Å². The highest BCUT2D eigenvalue weighted by Gasteiger charge is 2.02. The molecule has 0 unspecified atom stereocenters. The monoisotopic (exact) mass is 327 g/mol. The third-order valence-corrected chi connectivity index (χ3v) is 4.22. The van der Waals surface area contributed by atoms with Gasteiger partial charge in [0.05, 0.1) is 0 Å². The molecule has 0 heterocycles. The van der Waals surface area contributed by atoms with E-state index in [2.05, 4.69) is 6.92 Å². The molecule has 0 fully saturated rings. The summed E-state index contributed by atoms with van der Waals surface area (Å²) in [5.41, 5.74) is 0. The first-order valence-electron chi connectivity index (χ1n) is 9.97. The Kier molecular flexibility index (Phi) is 17.3. The van der Waals surface area contributed by atoms with Crippen molar-refractivity contribution in [3.05, 3.63) is 0 Å². The summed E-state index contributed by atoms with van der Waals surface area (Å²) in [6.07, 6.45) is 19.4. The molecule has 23 heavy (non-hydrogen) atoms. The van der Waals surface area contributed by atoms with E-state index < -0.39 is 0 Å². The molecule has 0 aromatic heterocycles. The summed E-state index contributed by atoms with van der Waals surface area (Å²) in [6.45, 7) is 2.67. The van der Waals surface area contributed by atoms with E-state index in [1.54, 1.807) is 0 Å². The van der Waals surface area contributed by atoms with Gasteiger partial charge in [-0.3, -0.25) is 9.69 Å². The number of ether oxygens (including phenoxy) is 1. The average molecular weight is 328 g/mol. The standard InChI is InChI=1S/C20H41NO2/c1-4-5-6-7-8-9-10-11-12-13-14-15-16-17-18-20(22)23-19-21(2)3/h4-19H2,1-3H3. The lowest BCUT2D eigenvalue weighted by atomic mass is 10.0. The van der Waals surface area contributed by atoms with Crippen LogP contribution in [0.4, 0.5) is 0 Å². The van der Waals surface area contributed by atoms with Crippen LogP contribution in [0, 0.1) is 0 Å². The largest absolute Gasteiger partial charge is 0.450 e. The van der Waals surface area contributed by atoms with Crippen LogP contribution in [0.1, 0.15) is 103 Å². The normalized spacial score (nSPS) is 11.1. The fourth-order valence-corrected chi connectivity index (χ4v) is 2.74. The Morgan fingerprint density at radius 3 is 1.48 bits per heavy atom. The molecule has 0 aromatic rings. The molecule has 0 spiro atoms. The Bertz CT molecular complexity index is 254. The zero-order valence-electron chi connectivity index (χ0n) is 16.1. The van der Waals surface area contributed by atoms with E-state index in [4.69, 9.17) is 4.74 Å². The number of hydrogen-bond donors (Lipinski definition) is 0. The molecule has 0 aliphatic rings. The maximum absolute atomic E-state index is 11.4. The summed E-state index contributed by atoms with van der Waals surface area (Å²) in [7, 11) is 3.81. The molecular formula is C20H41NO2. The number of nitrogens with zero attached hydrogens (tertiary/aromatic N) is 1. The Balaban J connectivity index is 3.09. The van der Waals surface area contributed by atoms with Gasteiger partial charge in [0.1, 0.15) is 6.73 Å². The first-order chi connectivity index (χ1) is 11.2. The van der Waals surface area contributed by atoms with Gasteiger partial charge in [-0.05, 0) is 20.5 Å². The van der Waals surface area contributed by atoms with Crippen LogP contribution in [0.25, 0.3) is 0 Å². The Morgan fingerprint density at radius 1 is 0.696 bits per heavy atom. The molecule has 0 saturated heterocycles. The van der Waals surface area contributed by atoms with E-state index in [0.29, 0.717) is 13.2 Å². The van der Waals surface area contributed by atoms with Crippen LogP contribution < -0.4 is 0 Å². The summed E-state index contributed by atoms with van der Waals surface area (Å²) in [5, 5.41) is 0. The highest BCUT2D eigenvalue weighted by molar-refractivity contribution is 5.69. The maximum atomic E-state index is 11.4. The van der Waals surface area contributed by atoms with Crippen molar-refractivity contribution in [3.8, 4) is 0 Å². The molecule has 3 nitrogen and oxygen atoms in total. The lowest BCUT2D eigenvalue weighted by Gasteiger charge is -2.10. The predicted molar refractivity (Wildman–Crippen MR) is 99.6 cm³/mol. The number of rotatable bonds is 17. The summed E-state index contributed by atoms with van der Waals surface area (Å²) in [4.78, 5) is 13.3. The van der Waals surface area contributed by atoms with E-state index in [0.717, 1.165) is 12.8 Å². The van der Waals surface area contributed by atoms with Crippen molar-refractivity contribution in [2.45, 2.75) is 103 Å². The highest BCUT2D eigenvalue weighted by Crippen LogP contribution is 2.13. The molecule has 0 bridgehead atoms. The quantitative estimate of drug-likeness (QED) is 0.189. The van der Waals surface area contributed by atoms with Crippen LogP contribution in [-0.4, -0.2) is 31.7 Å². The number of esters is 1. The Morgan fingerprint density at radius 2 is 1.09 bits per heavy atom. The minimum Gasteiger partial charge on any atom is -0.450 e. The first-order valence-corrected chi connectivity index (χ1v) is 9.97. The topological polar surface area (TPSA) is 29.5 Å². The molecule has 0 aromatic carbocycles. The van der Waals surface area contributed by atoms with Crippen LogP contribution in [0.5, 0.6) is 0 Å². The predicted octanol–water partition coefficient (Wildman–Crippen LogP) is 5.92. The minimum absolute atomic E-state index is 0.0577. The average Bonchev–Trinajstić information content (AvgIpc) is 2.53. The second-order valence-electron chi connectivity index (χ2n) is 7.07. The number of hydrogen-bond acceptors (Lipinski definition) is 3. The van der Waals surface area contributed by atoms with Gasteiger partial charge in [-0.2, -0.15) is 0 Å². The number of unbranched alkanes of at least 4 members (excludes halogenated alkanes) is 13.